The fourth-order valence-corrected chi connectivity index (χ4v) is 5.92. The quantitative estimate of drug-likeness (QED) is 0.392. The molecule has 0 bridgehead atoms. The molecule has 1 aliphatic carbocycles. The highest BCUT2D eigenvalue weighted by Crippen LogP contribution is 2.66. The molecule has 0 saturated carbocycles. The van der Waals surface area contributed by atoms with Crippen molar-refractivity contribution in [3.8, 4) is 0 Å². The molecule has 0 fully saturated rings. The van der Waals surface area contributed by atoms with Crippen molar-refractivity contribution in [1.82, 2.24) is 0 Å². The zero-order chi connectivity index (χ0) is 22.1. The highest BCUT2D eigenvalue weighted by atomic mass is 32.1. The van der Waals surface area contributed by atoms with E-state index in [0.29, 0.717) is 35.2 Å². The fraction of sp³-hybridized carbons (Fsp3) is 0.368. The maximum absolute atomic E-state index is 14.8. The van der Waals surface area contributed by atoms with Gasteiger partial charge in [0.2, 0.25) is 0 Å². The minimum absolute atomic E-state index is 0.00107. The van der Waals surface area contributed by atoms with Gasteiger partial charge in [0.25, 0.3) is 0 Å². The van der Waals surface area contributed by atoms with Gasteiger partial charge in [0.05, 0.1) is 11.1 Å². The van der Waals surface area contributed by atoms with Gasteiger partial charge >= 0.3 is 17.8 Å². The monoisotopic (exact) mass is 452 g/mol. The number of rotatable bonds is 4. The normalized spacial score (nSPS) is 19.7. The summed E-state index contributed by atoms with van der Waals surface area (Å²) in [7, 11) is 0. The van der Waals surface area contributed by atoms with Crippen LogP contribution in [0.15, 0.2) is 0 Å². The summed E-state index contributed by atoms with van der Waals surface area (Å²) in [5.41, 5.74) is -3.12. The molecule has 156 valence electrons. The summed E-state index contributed by atoms with van der Waals surface area (Å²) in [6.07, 6.45) is 0.749. The number of alkyl halides is 6. The molecule has 0 radical (unpaired) electrons. The molecular weight excluding hydrogens is 438 g/mol. The van der Waals surface area contributed by atoms with Crippen LogP contribution in [0.5, 0.6) is 0 Å². The van der Waals surface area contributed by atoms with E-state index >= 15 is 0 Å². The van der Waals surface area contributed by atoms with E-state index in [4.69, 9.17) is 0 Å². The lowest BCUT2D eigenvalue weighted by molar-refractivity contribution is -0.254. The third kappa shape index (κ3) is 2.61. The Hall–Kier alpha value is -1.94. The van der Waals surface area contributed by atoms with E-state index in [9.17, 15) is 35.9 Å². The summed E-state index contributed by atoms with van der Waals surface area (Å²) < 4.78 is 87.9. The standard InChI is InChI=1S/C19H14F6O2S2/c1-7-11(5-26)9(3)28-15(7)13-14(16-8(2)12(6-27)10(4)29-16)18(22,23)19(24,25)17(13,20)21/h5-6H,1-4H3. The summed E-state index contributed by atoms with van der Waals surface area (Å²) in [5.74, 6) is -16.0. The zero-order valence-corrected chi connectivity index (χ0v) is 17.2. The highest BCUT2D eigenvalue weighted by Gasteiger charge is 2.80. The molecule has 29 heavy (non-hydrogen) atoms. The van der Waals surface area contributed by atoms with E-state index in [0.717, 1.165) is 0 Å². The summed E-state index contributed by atoms with van der Waals surface area (Å²) in [6, 6.07) is 0. The van der Waals surface area contributed by atoms with E-state index < -0.39 is 38.7 Å². The SMILES string of the molecule is Cc1sc(C2=C(c3sc(C)c(C=O)c3C)C(F)(F)C(F)(F)C2(F)F)c(C)c1C=O. The number of thiophene rings is 2. The van der Waals surface area contributed by atoms with Crippen molar-refractivity contribution in [2.75, 3.05) is 0 Å². The third-order valence-electron chi connectivity index (χ3n) is 5.11. The predicted octanol–water partition coefficient (Wildman–Crippen LogP) is 6.50. The number of aldehydes is 2. The Morgan fingerprint density at radius 2 is 0.966 bits per heavy atom. The van der Waals surface area contributed by atoms with Gasteiger partial charge in [-0.05, 0) is 38.8 Å². The molecule has 0 aliphatic heterocycles. The lowest BCUT2D eigenvalue weighted by Crippen LogP contribution is -2.48. The number of allylic oxidation sites excluding steroid dienone is 2. The first-order valence-corrected chi connectivity index (χ1v) is 9.88. The van der Waals surface area contributed by atoms with Crippen LogP contribution in [0.25, 0.3) is 11.1 Å². The average molecular weight is 452 g/mol. The molecular formula is C19H14F6O2S2. The highest BCUT2D eigenvalue weighted by molar-refractivity contribution is 7.14. The number of halogens is 6. The molecule has 0 atom stereocenters. The van der Waals surface area contributed by atoms with Crippen LogP contribution in [-0.4, -0.2) is 30.3 Å². The fourth-order valence-electron chi connectivity index (χ4n) is 3.50. The number of hydrogen-bond donors (Lipinski definition) is 0. The molecule has 2 aromatic rings. The Morgan fingerprint density at radius 1 is 0.655 bits per heavy atom. The summed E-state index contributed by atoms with van der Waals surface area (Å²) >= 11 is 1.17. The van der Waals surface area contributed by atoms with Crippen molar-refractivity contribution in [3.05, 3.63) is 41.8 Å². The lowest BCUT2D eigenvalue weighted by atomic mass is 9.98. The second-order valence-corrected chi connectivity index (χ2v) is 9.21. The molecule has 10 heteroatoms. The second kappa shape index (κ2) is 6.53. The van der Waals surface area contributed by atoms with Gasteiger partial charge in [0, 0.05) is 30.6 Å². The summed E-state index contributed by atoms with van der Waals surface area (Å²) in [6.45, 7) is 5.33. The molecule has 0 unspecified atom stereocenters. The minimum Gasteiger partial charge on any atom is -0.298 e. The van der Waals surface area contributed by atoms with Gasteiger partial charge in [-0.3, -0.25) is 9.59 Å². The Morgan fingerprint density at radius 3 is 1.21 bits per heavy atom. The van der Waals surface area contributed by atoms with E-state index in [1.807, 2.05) is 0 Å². The Balaban J connectivity index is 2.52. The smallest absolute Gasteiger partial charge is 0.298 e. The van der Waals surface area contributed by atoms with Crippen LogP contribution in [0.3, 0.4) is 0 Å². The van der Waals surface area contributed by atoms with Gasteiger partial charge < -0.3 is 0 Å². The van der Waals surface area contributed by atoms with E-state index in [1.54, 1.807) is 0 Å². The van der Waals surface area contributed by atoms with Crippen molar-refractivity contribution in [1.29, 1.82) is 0 Å². The number of carbonyl (C=O) groups is 2. The molecule has 0 aromatic carbocycles. The van der Waals surface area contributed by atoms with Gasteiger partial charge in [-0.15, -0.1) is 22.7 Å². The Labute approximate surface area is 169 Å². The van der Waals surface area contributed by atoms with Crippen LogP contribution in [0.2, 0.25) is 0 Å². The summed E-state index contributed by atoms with van der Waals surface area (Å²) in [5, 5.41) is 0. The Bertz CT molecular complexity index is 993. The lowest BCUT2D eigenvalue weighted by Gasteiger charge is -2.25. The number of carbonyl (C=O) groups excluding carboxylic acids is 2. The maximum Gasteiger partial charge on any atom is 0.380 e. The molecule has 0 amide bonds. The topological polar surface area (TPSA) is 34.1 Å². The van der Waals surface area contributed by atoms with Crippen molar-refractivity contribution in [3.63, 3.8) is 0 Å². The van der Waals surface area contributed by atoms with Crippen LogP contribution in [0, 0.1) is 27.7 Å². The van der Waals surface area contributed by atoms with Crippen LogP contribution < -0.4 is 0 Å². The van der Waals surface area contributed by atoms with Crippen LogP contribution in [-0.2, 0) is 0 Å². The Kier molecular flexibility index (Phi) is 4.90. The maximum atomic E-state index is 14.8. The van der Waals surface area contributed by atoms with E-state index in [2.05, 4.69) is 0 Å². The third-order valence-corrected chi connectivity index (χ3v) is 7.60. The first-order valence-electron chi connectivity index (χ1n) is 8.25. The predicted molar refractivity (Wildman–Crippen MR) is 100 cm³/mol. The molecule has 2 nitrogen and oxygen atoms in total. The van der Waals surface area contributed by atoms with Gasteiger partial charge in [-0.2, -0.15) is 26.3 Å². The van der Waals surface area contributed by atoms with Crippen molar-refractivity contribution in [2.45, 2.75) is 45.5 Å². The van der Waals surface area contributed by atoms with E-state index in [1.165, 1.54) is 27.7 Å². The van der Waals surface area contributed by atoms with E-state index in [-0.39, 0.29) is 32.0 Å². The molecule has 2 aromatic heterocycles. The van der Waals surface area contributed by atoms with Crippen molar-refractivity contribution >= 4 is 46.4 Å². The van der Waals surface area contributed by atoms with Gasteiger partial charge in [0.1, 0.15) is 0 Å². The molecule has 2 heterocycles. The molecule has 1 aliphatic rings. The van der Waals surface area contributed by atoms with Crippen molar-refractivity contribution in [2.24, 2.45) is 0 Å². The zero-order valence-electron chi connectivity index (χ0n) is 15.6. The largest absolute Gasteiger partial charge is 0.380 e. The molecule has 0 saturated heterocycles. The van der Waals surface area contributed by atoms with Crippen LogP contribution in [0.1, 0.15) is 51.4 Å². The van der Waals surface area contributed by atoms with Crippen LogP contribution in [0.4, 0.5) is 26.3 Å². The second-order valence-electron chi connectivity index (χ2n) is 6.76. The molecule has 0 N–H and O–H groups in total. The summed E-state index contributed by atoms with van der Waals surface area (Å²) in [4.78, 5) is 22.0. The minimum atomic E-state index is -5.68. The first kappa shape index (κ1) is 21.8. The van der Waals surface area contributed by atoms with Gasteiger partial charge in [-0.1, -0.05) is 0 Å². The average Bonchev–Trinajstić information content (AvgIpc) is 3.09. The molecule has 0 spiro atoms. The van der Waals surface area contributed by atoms with Crippen molar-refractivity contribution < 1.29 is 35.9 Å². The molecule has 3 rings (SSSR count). The van der Waals surface area contributed by atoms with Gasteiger partial charge in [-0.25, -0.2) is 0 Å². The van der Waals surface area contributed by atoms with Crippen LogP contribution >= 0.6 is 22.7 Å². The van der Waals surface area contributed by atoms with Gasteiger partial charge in [0.15, 0.2) is 12.6 Å². The number of aryl methyl sites for hydroxylation is 2. The number of hydrogen-bond acceptors (Lipinski definition) is 4. The first-order chi connectivity index (χ1) is 13.3.